The summed E-state index contributed by atoms with van der Waals surface area (Å²) in [6.45, 7) is 6.23. The Morgan fingerprint density at radius 3 is 2.89 bits per heavy atom. The molecule has 0 aliphatic rings. The molecule has 6 heteroatoms. The highest BCUT2D eigenvalue weighted by Gasteiger charge is 2.06. The molecule has 19 heavy (non-hydrogen) atoms. The third-order valence-corrected chi connectivity index (χ3v) is 3.81. The maximum absolute atomic E-state index is 9.69. The molecule has 1 aromatic rings. The van der Waals surface area contributed by atoms with Gasteiger partial charge in [-0.1, -0.05) is 6.92 Å². The van der Waals surface area contributed by atoms with Crippen LogP contribution < -0.4 is 5.32 Å². The molecule has 1 rings (SSSR count). The highest BCUT2D eigenvalue weighted by Crippen LogP contribution is 2.12. The summed E-state index contributed by atoms with van der Waals surface area (Å²) in [6.07, 6.45) is 0.339. The minimum atomic E-state index is -0.506. The average Bonchev–Trinajstić information content (AvgIpc) is 2.80. The number of thiazole rings is 1. The second-order valence-electron chi connectivity index (χ2n) is 4.79. The van der Waals surface area contributed by atoms with Gasteiger partial charge in [-0.05, 0) is 19.4 Å². The second-order valence-corrected chi connectivity index (χ2v) is 5.72. The van der Waals surface area contributed by atoms with Crippen LogP contribution in [0.25, 0.3) is 0 Å². The van der Waals surface area contributed by atoms with Gasteiger partial charge >= 0.3 is 0 Å². The van der Waals surface area contributed by atoms with Crippen LogP contribution in [0, 0.1) is 12.8 Å². The molecule has 0 aromatic carbocycles. The van der Waals surface area contributed by atoms with E-state index in [9.17, 15) is 5.11 Å². The van der Waals surface area contributed by atoms with Crippen molar-refractivity contribution in [2.45, 2.75) is 26.4 Å². The molecule has 2 unspecified atom stereocenters. The van der Waals surface area contributed by atoms with Crippen LogP contribution >= 0.6 is 11.3 Å². The zero-order chi connectivity index (χ0) is 14.1. The van der Waals surface area contributed by atoms with Gasteiger partial charge in [0.1, 0.15) is 0 Å². The Morgan fingerprint density at radius 1 is 1.47 bits per heavy atom. The highest BCUT2D eigenvalue weighted by atomic mass is 32.1. The lowest BCUT2D eigenvalue weighted by Gasteiger charge is -2.14. The summed E-state index contributed by atoms with van der Waals surface area (Å²) >= 11 is 1.64. The van der Waals surface area contributed by atoms with E-state index < -0.39 is 6.10 Å². The van der Waals surface area contributed by atoms with Gasteiger partial charge in [-0.25, -0.2) is 4.98 Å². The van der Waals surface area contributed by atoms with Crippen LogP contribution in [-0.2, 0) is 11.2 Å². The van der Waals surface area contributed by atoms with Crippen LogP contribution in [0.4, 0.5) is 0 Å². The summed E-state index contributed by atoms with van der Waals surface area (Å²) in [7, 11) is 0. The van der Waals surface area contributed by atoms with E-state index in [0.717, 1.165) is 12.1 Å². The third kappa shape index (κ3) is 6.98. The number of nitrogens with one attached hydrogen (secondary N) is 1. The van der Waals surface area contributed by atoms with Gasteiger partial charge < -0.3 is 20.3 Å². The number of nitrogens with zero attached hydrogens (tertiary/aromatic N) is 1. The van der Waals surface area contributed by atoms with E-state index in [-0.39, 0.29) is 12.5 Å². The monoisotopic (exact) mass is 288 g/mol. The molecule has 0 radical (unpaired) electrons. The first-order chi connectivity index (χ1) is 9.13. The Kier molecular flexibility index (Phi) is 8.16. The molecule has 1 heterocycles. The van der Waals surface area contributed by atoms with E-state index in [1.807, 2.05) is 19.4 Å². The fourth-order valence-electron chi connectivity index (χ4n) is 1.57. The SMILES string of the molecule is Cc1ncsc1CCOCC(O)CNCC(C)CO. The van der Waals surface area contributed by atoms with Crippen molar-refractivity contribution in [1.29, 1.82) is 0 Å². The summed E-state index contributed by atoms with van der Waals surface area (Å²) in [4.78, 5) is 5.42. The number of aliphatic hydroxyl groups excluding tert-OH is 2. The Bertz CT molecular complexity index is 346. The lowest BCUT2D eigenvalue weighted by molar-refractivity contribution is 0.0378. The maximum atomic E-state index is 9.69. The van der Waals surface area contributed by atoms with Gasteiger partial charge in [-0.3, -0.25) is 0 Å². The second kappa shape index (κ2) is 9.39. The number of aryl methyl sites for hydroxylation is 1. The average molecular weight is 288 g/mol. The molecule has 0 bridgehead atoms. The van der Waals surface area contributed by atoms with Crippen molar-refractivity contribution in [3.63, 3.8) is 0 Å². The summed E-state index contributed by atoms with van der Waals surface area (Å²) in [5, 5.41) is 21.6. The van der Waals surface area contributed by atoms with E-state index in [0.29, 0.717) is 26.3 Å². The van der Waals surface area contributed by atoms with E-state index in [1.165, 1.54) is 4.88 Å². The van der Waals surface area contributed by atoms with Gasteiger partial charge in [0.15, 0.2) is 0 Å². The molecular formula is C13H24N2O3S. The molecule has 2 atom stereocenters. The van der Waals surface area contributed by atoms with Crippen molar-refractivity contribution in [1.82, 2.24) is 10.3 Å². The van der Waals surface area contributed by atoms with Crippen molar-refractivity contribution in [2.75, 3.05) is 32.9 Å². The van der Waals surface area contributed by atoms with Gasteiger partial charge in [-0.15, -0.1) is 11.3 Å². The largest absolute Gasteiger partial charge is 0.396 e. The topological polar surface area (TPSA) is 74.6 Å². The molecule has 110 valence electrons. The van der Waals surface area contributed by atoms with Crippen molar-refractivity contribution in [3.05, 3.63) is 16.1 Å². The van der Waals surface area contributed by atoms with Crippen LogP contribution in [0.3, 0.4) is 0 Å². The predicted octanol–water partition coefficient (Wildman–Crippen LogP) is 0.590. The van der Waals surface area contributed by atoms with Crippen LogP contribution in [0.15, 0.2) is 5.51 Å². The molecular weight excluding hydrogens is 264 g/mol. The first-order valence-electron chi connectivity index (χ1n) is 6.59. The van der Waals surface area contributed by atoms with Crippen LogP contribution in [-0.4, -0.2) is 54.2 Å². The third-order valence-electron chi connectivity index (χ3n) is 2.81. The number of rotatable bonds is 10. The van der Waals surface area contributed by atoms with Crippen LogP contribution in [0.2, 0.25) is 0 Å². The van der Waals surface area contributed by atoms with Gasteiger partial charge in [-0.2, -0.15) is 0 Å². The van der Waals surface area contributed by atoms with E-state index >= 15 is 0 Å². The maximum Gasteiger partial charge on any atom is 0.0897 e. The van der Waals surface area contributed by atoms with E-state index in [2.05, 4.69) is 10.3 Å². The van der Waals surface area contributed by atoms with Crippen molar-refractivity contribution < 1.29 is 14.9 Å². The molecule has 0 fully saturated rings. The normalized spacial score (nSPS) is 14.5. The van der Waals surface area contributed by atoms with Gasteiger partial charge in [0, 0.05) is 24.4 Å². The van der Waals surface area contributed by atoms with Crippen molar-refractivity contribution in [2.24, 2.45) is 5.92 Å². The minimum absolute atomic E-state index is 0.161. The molecule has 1 aromatic heterocycles. The lowest BCUT2D eigenvalue weighted by atomic mass is 10.2. The quantitative estimate of drug-likeness (QED) is 0.550. The number of aliphatic hydroxyl groups is 2. The first kappa shape index (κ1) is 16.5. The molecule has 5 nitrogen and oxygen atoms in total. The number of aromatic nitrogens is 1. The standard InChI is InChI=1S/C13H24N2O3S/c1-10(7-16)5-14-6-12(17)8-18-4-3-13-11(2)15-9-19-13/h9-10,12,14,16-17H,3-8H2,1-2H3. The minimum Gasteiger partial charge on any atom is -0.396 e. The zero-order valence-corrected chi connectivity index (χ0v) is 12.4. The van der Waals surface area contributed by atoms with Gasteiger partial charge in [0.05, 0.1) is 30.5 Å². The molecule has 0 amide bonds. The molecule has 0 saturated carbocycles. The Hall–Kier alpha value is -0.530. The fourth-order valence-corrected chi connectivity index (χ4v) is 2.33. The fraction of sp³-hybridized carbons (Fsp3) is 0.769. The Morgan fingerprint density at radius 2 is 2.26 bits per heavy atom. The van der Waals surface area contributed by atoms with Gasteiger partial charge in [0.25, 0.3) is 0 Å². The molecule has 0 saturated heterocycles. The molecule has 3 N–H and O–H groups in total. The number of ether oxygens (including phenoxy) is 1. The smallest absolute Gasteiger partial charge is 0.0897 e. The van der Waals surface area contributed by atoms with Crippen LogP contribution in [0.5, 0.6) is 0 Å². The predicted molar refractivity (Wildman–Crippen MR) is 76.5 cm³/mol. The number of hydrogen-bond donors (Lipinski definition) is 3. The summed E-state index contributed by atoms with van der Waals surface area (Å²) < 4.78 is 5.45. The molecule has 0 aliphatic carbocycles. The van der Waals surface area contributed by atoms with Crippen molar-refractivity contribution in [3.8, 4) is 0 Å². The number of hydrogen-bond acceptors (Lipinski definition) is 6. The Labute approximate surface area is 118 Å². The molecule has 0 spiro atoms. The summed E-state index contributed by atoms with van der Waals surface area (Å²) in [5.41, 5.74) is 2.90. The summed E-state index contributed by atoms with van der Waals surface area (Å²) in [5.74, 6) is 0.211. The molecule has 0 aliphatic heterocycles. The van der Waals surface area contributed by atoms with E-state index in [1.54, 1.807) is 11.3 Å². The highest BCUT2D eigenvalue weighted by molar-refractivity contribution is 7.09. The zero-order valence-electron chi connectivity index (χ0n) is 11.6. The first-order valence-corrected chi connectivity index (χ1v) is 7.47. The Balaban J connectivity index is 2.01. The summed E-state index contributed by atoms with van der Waals surface area (Å²) in [6, 6.07) is 0. The van der Waals surface area contributed by atoms with E-state index in [4.69, 9.17) is 9.84 Å². The van der Waals surface area contributed by atoms with Gasteiger partial charge in [0.2, 0.25) is 0 Å². The lowest BCUT2D eigenvalue weighted by Crippen LogP contribution is -2.33. The van der Waals surface area contributed by atoms with Crippen LogP contribution in [0.1, 0.15) is 17.5 Å². The van der Waals surface area contributed by atoms with Crippen molar-refractivity contribution >= 4 is 11.3 Å².